The van der Waals surface area contributed by atoms with E-state index in [4.69, 9.17) is 5.11 Å². The number of carboxylic acids is 3. The van der Waals surface area contributed by atoms with E-state index in [1.54, 1.807) is 0 Å². The maximum absolute atomic E-state index is 12.3. The van der Waals surface area contributed by atoms with E-state index >= 15 is 0 Å². The van der Waals surface area contributed by atoms with Gasteiger partial charge in [-0.15, -0.1) is 0 Å². The van der Waals surface area contributed by atoms with Crippen LogP contribution < -0.4 is 26.6 Å². The number of unbranched alkanes of at least 4 members (excludes halogenated alkanes) is 13. The van der Waals surface area contributed by atoms with Gasteiger partial charge in [0.2, 0.25) is 30.0 Å². The number of amides is 5. The van der Waals surface area contributed by atoms with Gasteiger partial charge in [0.25, 0.3) is 0 Å². The molecule has 0 aromatic heterocycles. The second-order valence-electron chi connectivity index (χ2n) is 12.1. The second kappa shape index (κ2) is 29.9. The van der Waals surface area contributed by atoms with Crippen LogP contribution in [0.2, 0.25) is 0 Å². The molecule has 2 unspecified atom stereocenters. The van der Waals surface area contributed by atoms with Gasteiger partial charge in [-0.2, -0.15) is 0 Å². The number of hydrogen-bond donors (Lipinski definition) is 8. The molecular weight excluding hydrogens is 642 g/mol. The first-order chi connectivity index (χ1) is 23.5. The number of nitrogens with one attached hydrogen (secondary N) is 5. The summed E-state index contributed by atoms with van der Waals surface area (Å²) in [7, 11) is 0. The van der Waals surface area contributed by atoms with E-state index in [9.17, 15) is 48.6 Å². The van der Waals surface area contributed by atoms with Crippen LogP contribution in [0.3, 0.4) is 0 Å². The molecule has 16 heteroatoms. The summed E-state index contributed by atoms with van der Waals surface area (Å²) in [6.45, 7) is -0.348. The van der Waals surface area contributed by atoms with Crippen LogP contribution in [-0.4, -0.2) is 95.0 Å². The molecule has 49 heavy (non-hydrogen) atoms. The first-order valence-corrected chi connectivity index (χ1v) is 17.4. The molecule has 0 aromatic rings. The van der Waals surface area contributed by atoms with Crippen LogP contribution in [0.15, 0.2) is 0 Å². The maximum Gasteiger partial charge on any atom is 0.326 e. The lowest BCUT2D eigenvalue weighted by molar-refractivity contribution is -0.143. The summed E-state index contributed by atoms with van der Waals surface area (Å²) in [4.78, 5) is 91.5. The molecule has 0 bridgehead atoms. The van der Waals surface area contributed by atoms with Crippen molar-refractivity contribution in [2.75, 3.05) is 19.6 Å². The normalized spacial score (nSPS) is 11.8. The van der Waals surface area contributed by atoms with Gasteiger partial charge in [-0.05, 0) is 25.7 Å². The molecule has 0 saturated heterocycles. The van der Waals surface area contributed by atoms with Crippen LogP contribution >= 0.6 is 0 Å². The highest BCUT2D eigenvalue weighted by Gasteiger charge is 2.23. The Labute approximate surface area is 288 Å². The standard InChI is InChI=1S/C33H57N5O11/c39-24-34-23-30(43)38-26(33(48)49)22-29(42)35-20-15-17-27(40)36-21-19-25(32(46)47)37-28(41)16-13-11-9-7-5-3-1-2-4-6-8-10-12-14-18-31(44)45/h24-26H,1-23H2,(H,34,39)(H,35,42)(H,36,40)(H,37,41)(H,38,43)(H,44,45)(H,46,47)(H,48,49). The summed E-state index contributed by atoms with van der Waals surface area (Å²) < 4.78 is 0. The third kappa shape index (κ3) is 28.5. The number of rotatable bonds is 33. The Balaban J connectivity index is 3.92. The summed E-state index contributed by atoms with van der Waals surface area (Å²) in [5.41, 5.74) is 0. The van der Waals surface area contributed by atoms with E-state index < -0.39 is 54.8 Å². The number of carboxylic acid groups (broad SMARTS) is 3. The summed E-state index contributed by atoms with van der Waals surface area (Å²) >= 11 is 0. The van der Waals surface area contributed by atoms with E-state index in [-0.39, 0.29) is 63.4 Å². The molecule has 0 rings (SSSR count). The van der Waals surface area contributed by atoms with Gasteiger partial charge >= 0.3 is 17.9 Å². The zero-order valence-electron chi connectivity index (χ0n) is 28.6. The highest BCUT2D eigenvalue weighted by atomic mass is 16.4. The maximum atomic E-state index is 12.3. The van der Waals surface area contributed by atoms with E-state index in [2.05, 4.69) is 26.6 Å². The van der Waals surface area contributed by atoms with Gasteiger partial charge in [-0.25, -0.2) is 9.59 Å². The summed E-state index contributed by atoms with van der Waals surface area (Å²) in [6.07, 6.45) is 15.4. The minimum absolute atomic E-state index is 0.000999. The van der Waals surface area contributed by atoms with Crippen LogP contribution in [0.25, 0.3) is 0 Å². The number of carbonyl (C=O) groups is 8. The van der Waals surface area contributed by atoms with Gasteiger partial charge in [0.05, 0.1) is 13.0 Å². The van der Waals surface area contributed by atoms with Crippen molar-refractivity contribution in [3.8, 4) is 0 Å². The molecule has 0 spiro atoms. The molecule has 0 aliphatic carbocycles. The third-order valence-electron chi connectivity index (χ3n) is 7.70. The van der Waals surface area contributed by atoms with Crippen LogP contribution in [0.4, 0.5) is 0 Å². The fraction of sp³-hybridized carbons (Fsp3) is 0.758. The number of hydrogen-bond acceptors (Lipinski definition) is 8. The Hall–Kier alpha value is -4.24. The van der Waals surface area contributed by atoms with Gasteiger partial charge in [-0.1, -0.05) is 77.0 Å². The summed E-state index contributed by atoms with van der Waals surface area (Å²) in [6, 6.07) is -2.63. The predicted molar refractivity (Wildman–Crippen MR) is 179 cm³/mol. The van der Waals surface area contributed by atoms with Crippen molar-refractivity contribution < 1.29 is 53.7 Å². The quantitative estimate of drug-likeness (QED) is 0.0363. The molecule has 8 N–H and O–H groups in total. The van der Waals surface area contributed by atoms with Gasteiger partial charge in [0.1, 0.15) is 12.1 Å². The van der Waals surface area contributed by atoms with Crippen molar-refractivity contribution in [3.63, 3.8) is 0 Å². The van der Waals surface area contributed by atoms with E-state index in [0.29, 0.717) is 6.42 Å². The van der Waals surface area contributed by atoms with Crippen LogP contribution in [0.1, 0.15) is 128 Å². The molecule has 0 aliphatic rings. The molecule has 0 saturated carbocycles. The first-order valence-electron chi connectivity index (χ1n) is 17.4. The Morgan fingerprint density at radius 1 is 0.490 bits per heavy atom. The Morgan fingerprint density at radius 3 is 1.43 bits per heavy atom. The van der Waals surface area contributed by atoms with Crippen LogP contribution in [0, 0.1) is 0 Å². The molecule has 2 atom stereocenters. The Kier molecular flexibility index (Phi) is 27.3. The molecular formula is C33H57N5O11. The number of carbonyl (C=O) groups excluding carboxylic acids is 5. The minimum Gasteiger partial charge on any atom is -0.481 e. The van der Waals surface area contributed by atoms with Crippen molar-refractivity contribution in [1.82, 2.24) is 26.6 Å². The third-order valence-corrected chi connectivity index (χ3v) is 7.70. The topological polar surface area (TPSA) is 257 Å². The molecule has 5 amide bonds. The Morgan fingerprint density at radius 2 is 0.939 bits per heavy atom. The lowest BCUT2D eigenvalue weighted by Crippen LogP contribution is -2.46. The van der Waals surface area contributed by atoms with E-state index in [1.807, 2.05) is 0 Å². The fourth-order valence-electron chi connectivity index (χ4n) is 4.97. The van der Waals surface area contributed by atoms with Crippen molar-refractivity contribution in [2.45, 2.75) is 141 Å². The summed E-state index contributed by atoms with van der Waals surface area (Å²) in [5, 5.41) is 39.0. The lowest BCUT2D eigenvalue weighted by atomic mass is 10.0. The smallest absolute Gasteiger partial charge is 0.326 e. The van der Waals surface area contributed by atoms with Gasteiger partial charge in [-0.3, -0.25) is 28.8 Å². The molecule has 0 heterocycles. The molecule has 16 nitrogen and oxygen atoms in total. The zero-order chi connectivity index (χ0) is 36.7. The summed E-state index contributed by atoms with van der Waals surface area (Å²) in [5.74, 6) is -5.51. The number of aliphatic carboxylic acids is 3. The SMILES string of the molecule is O=CNCC(=O)NC(CC(=O)NCCCC(=O)NCCC(NC(=O)CCCCCCCCCCCCCCCCC(=O)O)C(=O)O)C(=O)O. The minimum atomic E-state index is -1.49. The molecule has 280 valence electrons. The molecule has 0 aliphatic heterocycles. The van der Waals surface area contributed by atoms with E-state index in [0.717, 1.165) is 44.9 Å². The van der Waals surface area contributed by atoms with Crippen molar-refractivity contribution in [1.29, 1.82) is 0 Å². The van der Waals surface area contributed by atoms with Crippen molar-refractivity contribution in [2.24, 2.45) is 0 Å². The predicted octanol–water partition coefficient (Wildman–Crippen LogP) is 1.99. The Bertz CT molecular complexity index is 1020. The van der Waals surface area contributed by atoms with Crippen LogP contribution in [-0.2, 0) is 38.4 Å². The first kappa shape index (κ1) is 44.8. The van der Waals surface area contributed by atoms with Crippen molar-refractivity contribution >= 4 is 47.9 Å². The van der Waals surface area contributed by atoms with Gasteiger partial charge in [0, 0.05) is 32.4 Å². The second-order valence-corrected chi connectivity index (χ2v) is 12.1. The zero-order valence-corrected chi connectivity index (χ0v) is 28.6. The molecule has 0 radical (unpaired) electrons. The fourth-order valence-corrected chi connectivity index (χ4v) is 4.97. The van der Waals surface area contributed by atoms with Crippen LogP contribution in [0.5, 0.6) is 0 Å². The van der Waals surface area contributed by atoms with Crippen molar-refractivity contribution in [3.05, 3.63) is 0 Å². The van der Waals surface area contributed by atoms with Gasteiger partial charge in [0.15, 0.2) is 0 Å². The van der Waals surface area contributed by atoms with E-state index in [1.165, 1.54) is 38.5 Å². The molecule has 0 aromatic carbocycles. The molecule has 0 fully saturated rings. The lowest BCUT2D eigenvalue weighted by Gasteiger charge is -2.15. The highest BCUT2D eigenvalue weighted by molar-refractivity contribution is 5.89. The average Bonchev–Trinajstić information content (AvgIpc) is 3.04. The monoisotopic (exact) mass is 699 g/mol. The largest absolute Gasteiger partial charge is 0.481 e. The van der Waals surface area contributed by atoms with Gasteiger partial charge < -0.3 is 41.9 Å². The highest BCUT2D eigenvalue weighted by Crippen LogP contribution is 2.14. The average molecular weight is 700 g/mol.